The van der Waals surface area contributed by atoms with Crippen molar-refractivity contribution < 1.29 is 14.3 Å². The Morgan fingerprint density at radius 1 is 1.16 bits per heavy atom. The van der Waals surface area contributed by atoms with Crippen molar-refractivity contribution in [2.24, 2.45) is 0 Å². The highest BCUT2D eigenvalue weighted by atomic mass is 16.5. The Balaban J connectivity index is 2.57. The smallest absolute Gasteiger partial charge is 0.260 e. The number of benzene rings is 1. The fourth-order valence-corrected chi connectivity index (χ4v) is 1.63. The number of hydrogen-bond donors (Lipinski definition) is 1. The number of ketones is 1. The average molecular weight is 263 g/mol. The van der Waals surface area contributed by atoms with Gasteiger partial charge >= 0.3 is 0 Å². The molecule has 4 heteroatoms. The molecule has 0 aliphatic heterocycles. The molecule has 1 N–H and O–H groups in total. The molecule has 0 aromatic heterocycles. The maximum atomic E-state index is 11.7. The molecular weight excluding hydrogens is 242 g/mol. The lowest BCUT2D eigenvalue weighted by Crippen LogP contribution is -2.40. The summed E-state index contributed by atoms with van der Waals surface area (Å²) in [5.41, 5.74) is 0.944. The summed E-state index contributed by atoms with van der Waals surface area (Å²) in [5.74, 6) is 0.611. The Kier molecular flexibility index (Phi) is 5.55. The van der Waals surface area contributed by atoms with Crippen molar-refractivity contribution in [3.8, 4) is 5.75 Å². The van der Waals surface area contributed by atoms with Gasteiger partial charge in [0.1, 0.15) is 11.5 Å². The Labute approximate surface area is 114 Å². The quantitative estimate of drug-likeness (QED) is 0.855. The molecule has 0 bridgehead atoms. The lowest BCUT2D eigenvalue weighted by molar-refractivity contribution is -0.127. The predicted molar refractivity (Wildman–Crippen MR) is 74.2 cm³/mol. The molecule has 1 aromatic carbocycles. The van der Waals surface area contributed by atoms with Crippen LogP contribution in [0.1, 0.15) is 33.3 Å². The third kappa shape index (κ3) is 5.55. The Bertz CT molecular complexity index is 437. The summed E-state index contributed by atoms with van der Waals surface area (Å²) in [6.07, 6.45) is -0.120. The van der Waals surface area contributed by atoms with Crippen LogP contribution in [0.5, 0.6) is 5.75 Å². The number of ether oxygens (including phenoxy) is 1. The molecule has 4 nitrogen and oxygen atoms in total. The van der Waals surface area contributed by atoms with Gasteiger partial charge in [-0.25, -0.2) is 0 Å². The van der Waals surface area contributed by atoms with Crippen molar-refractivity contribution in [2.75, 3.05) is 0 Å². The average Bonchev–Trinajstić information content (AvgIpc) is 2.30. The molecule has 0 spiro atoms. The Hall–Kier alpha value is -1.84. The van der Waals surface area contributed by atoms with Crippen LogP contribution in [0.4, 0.5) is 0 Å². The minimum absolute atomic E-state index is 0.0940. The van der Waals surface area contributed by atoms with Gasteiger partial charge in [-0.2, -0.15) is 0 Å². The van der Waals surface area contributed by atoms with Crippen LogP contribution in [0.15, 0.2) is 24.3 Å². The van der Waals surface area contributed by atoms with E-state index in [9.17, 15) is 9.59 Å². The third-order valence-electron chi connectivity index (χ3n) is 2.49. The van der Waals surface area contributed by atoms with Crippen molar-refractivity contribution in [1.29, 1.82) is 0 Å². The maximum absolute atomic E-state index is 11.7. The zero-order chi connectivity index (χ0) is 14.4. The zero-order valence-corrected chi connectivity index (χ0v) is 11.9. The summed E-state index contributed by atoms with van der Waals surface area (Å²) in [6.45, 7) is 7.08. The molecule has 0 saturated carbocycles. The first-order valence-electron chi connectivity index (χ1n) is 6.44. The first-order chi connectivity index (χ1) is 8.88. The summed E-state index contributed by atoms with van der Waals surface area (Å²) >= 11 is 0. The van der Waals surface area contributed by atoms with Crippen LogP contribution < -0.4 is 10.1 Å². The summed E-state index contributed by atoms with van der Waals surface area (Å²) in [5, 5.41) is 2.79. The monoisotopic (exact) mass is 263 g/mol. The molecule has 0 aliphatic carbocycles. The molecule has 1 atom stereocenters. The van der Waals surface area contributed by atoms with Crippen LogP contribution in [-0.4, -0.2) is 23.8 Å². The van der Waals surface area contributed by atoms with Crippen LogP contribution >= 0.6 is 0 Å². The summed E-state index contributed by atoms with van der Waals surface area (Å²) in [6, 6.07) is 7.32. The van der Waals surface area contributed by atoms with Crippen LogP contribution in [0.3, 0.4) is 0 Å². The highest BCUT2D eigenvalue weighted by Crippen LogP contribution is 2.14. The summed E-state index contributed by atoms with van der Waals surface area (Å²) < 4.78 is 5.54. The number of rotatable bonds is 6. The second kappa shape index (κ2) is 6.92. The lowest BCUT2D eigenvalue weighted by Gasteiger charge is -2.16. The predicted octanol–water partition coefficient (Wildman–Crippen LogP) is 2.11. The van der Waals surface area contributed by atoms with E-state index < -0.39 is 6.10 Å². The standard InChI is InChI=1S/C15H21NO3/c1-10(2)16-15(18)12(4)19-14-7-5-13(6-8-14)9-11(3)17/h5-8,10,12H,9H2,1-4H3,(H,16,18). The van der Waals surface area contributed by atoms with Gasteiger partial charge in [-0.15, -0.1) is 0 Å². The van der Waals surface area contributed by atoms with Crippen molar-refractivity contribution >= 4 is 11.7 Å². The van der Waals surface area contributed by atoms with Crippen LogP contribution in [-0.2, 0) is 16.0 Å². The molecule has 1 amide bonds. The first kappa shape index (κ1) is 15.2. The zero-order valence-electron chi connectivity index (χ0n) is 11.9. The number of carbonyl (C=O) groups is 2. The van der Waals surface area contributed by atoms with Gasteiger partial charge in [-0.05, 0) is 45.4 Å². The highest BCUT2D eigenvalue weighted by Gasteiger charge is 2.15. The van der Waals surface area contributed by atoms with E-state index in [2.05, 4.69) is 5.32 Å². The van der Waals surface area contributed by atoms with E-state index in [1.54, 1.807) is 26.0 Å². The van der Waals surface area contributed by atoms with Crippen molar-refractivity contribution in [2.45, 2.75) is 46.3 Å². The molecule has 0 aliphatic rings. The SMILES string of the molecule is CC(=O)Cc1ccc(OC(C)C(=O)NC(C)C)cc1. The first-order valence-corrected chi connectivity index (χ1v) is 6.44. The van der Waals surface area contributed by atoms with Gasteiger partial charge in [0.25, 0.3) is 5.91 Å². The van der Waals surface area contributed by atoms with E-state index >= 15 is 0 Å². The van der Waals surface area contributed by atoms with E-state index in [1.165, 1.54) is 0 Å². The van der Waals surface area contributed by atoms with Gasteiger partial charge < -0.3 is 10.1 Å². The van der Waals surface area contributed by atoms with Crippen molar-refractivity contribution in [3.05, 3.63) is 29.8 Å². The fraction of sp³-hybridized carbons (Fsp3) is 0.467. The molecule has 0 heterocycles. The van der Waals surface area contributed by atoms with E-state index in [0.29, 0.717) is 12.2 Å². The topological polar surface area (TPSA) is 55.4 Å². The van der Waals surface area contributed by atoms with Crippen LogP contribution in [0.2, 0.25) is 0 Å². The van der Waals surface area contributed by atoms with E-state index in [1.807, 2.05) is 26.0 Å². The Morgan fingerprint density at radius 3 is 2.21 bits per heavy atom. The third-order valence-corrected chi connectivity index (χ3v) is 2.49. The van der Waals surface area contributed by atoms with E-state index in [4.69, 9.17) is 4.74 Å². The molecule has 1 aromatic rings. The number of amides is 1. The van der Waals surface area contributed by atoms with Gasteiger partial charge in [0.2, 0.25) is 0 Å². The molecular formula is C15H21NO3. The molecule has 0 saturated heterocycles. The maximum Gasteiger partial charge on any atom is 0.260 e. The molecule has 0 radical (unpaired) electrons. The van der Waals surface area contributed by atoms with E-state index in [0.717, 1.165) is 5.56 Å². The highest BCUT2D eigenvalue weighted by molar-refractivity contribution is 5.81. The van der Waals surface area contributed by atoms with Gasteiger partial charge in [0, 0.05) is 12.5 Å². The normalized spacial score (nSPS) is 12.1. The minimum atomic E-state index is -0.541. The molecule has 104 valence electrons. The van der Waals surface area contributed by atoms with Crippen molar-refractivity contribution in [1.82, 2.24) is 5.32 Å². The molecule has 1 unspecified atom stereocenters. The second-order valence-corrected chi connectivity index (χ2v) is 4.95. The summed E-state index contributed by atoms with van der Waals surface area (Å²) in [4.78, 5) is 22.7. The number of nitrogens with one attached hydrogen (secondary N) is 1. The Morgan fingerprint density at radius 2 is 1.74 bits per heavy atom. The minimum Gasteiger partial charge on any atom is -0.481 e. The number of carbonyl (C=O) groups excluding carboxylic acids is 2. The number of hydrogen-bond acceptors (Lipinski definition) is 3. The number of Topliss-reactive ketones (excluding diaryl/α,β-unsaturated/α-hetero) is 1. The van der Waals surface area contributed by atoms with Crippen molar-refractivity contribution in [3.63, 3.8) is 0 Å². The van der Waals surface area contributed by atoms with Gasteiger partial charge in [0.05, 0.1) is 0 Å². The van der Waals surface area contributed by atoms with Gasteiger partial charge in [-0.3, -0.25) is 9.59 Å². The fourth-order valence-electron chi connectivity index (χ4n) is 1.63. The molecule has 19 heavy (non-hydrogen) atoms. The summed E-state index contributed by atoms with van der Waals surface area (Å²) in [7, 11) is 0. The largest absolute Gasteiger partial charge is 0.481 e. The lowest BCUT2D eigenvalue weighted by atomic mass is 10.1. The second-order valence-electron chi connectivity index (χ2n) is 4.95. The molecule has 1 rings (SSSR count). The molecule has 0 fully saturated rings. The van der Waals surface area contributed by atoms with E-state index in [-0.39, 0.29) is 17.7 Å². The van der Waals surface area contributed by atoms with Gasteiger partial charge in [0.15, 0.2) is 6.10 Å². The van der Waals surface area contributed by atoms with Gasteiger partial charge in [-0.1, -0.05) is 12.1 Å². The van der Waals surface area contributed by atoms with Crippen LogP contribution in [0, 0.1) is 0 Å². The van der Waals surface area contributed by atoms with Crippen LogP contribution in [0.25, 0.3) is 0 Å².